The Hall–Kier alpha value is -2.61. The van der Waals surface area contributed by atoms with Gasteiger partial charge in [0, 0.05) is 25.1 Å². The first-order valence-electron chi connectivity index (χ1n) is 11.7. The summed E-state index contributed by atoms with van der Waals surface area (Å²) in [6.45, 7) is 3.11. The summed E-state index contributed by atoms with van der Waals surface area (Å²) in [4.78, 5) is 30.3. The van der Waals surface area contributed by atoms with Gasteiger partial charge < -0.3 is 14.8 Å². The summed E-state index contributed by atoms with van der Waals surface area (Å²) in [5.74, 6) is 0.608. The molecule has 0 radical (unpaired) electrons. The Morgan fingerprint density at radius 3 is 2.47 bits per heavy atom. The molecule has 0 aliphatic carbocycles. The van der Waals surface area contributed by atoms with Crippen molar-refractivity contribution in [2.75, 3.05) is 40.5 Å². The predicted molar refractivity (Wildman–Crippen MR) is 131 cm³/mol. The van der Waals surface area contributed by atoms with E-state index >= 15 is 0 Å². The van der Waals surface area contributed by atoms with E-state index in [2.05, 4.69) is 10.2 Å². The van der Waals surface area contributed by atoms with Crippen LogP contribution >= 0.6 is 11.6 Å². The van der Waals surface area contributed by atoms with Crippen molar-refractivity contribution < 1.29 is 19.1 Å². The molecular formula is C26H32ClN3O4. The molecule has 1 N–H and O–H groups in total. The molecule has 182 valence electrons. The fourth-order valence-corrected chi connectivity index (χ4v) is 5.23. The number of ether oxygens (including phenoxy) is 2. The number of nitrogens with one attached hydrogen (secondary N) is 1. The molecule has 2 aromatic rings. The van der Waals surface area contributed by atoms with Crippen molar-refractivity contribution in [3.05, 3.63) is 64.7 Å². The van der Waals surface area contributed by atoms with Crippen LogP contribution in [0.4, 0.5) is 4.79 Å². The molecule has 2 aromatic carbocycles. The third-order valence-electron chi connectivity index (χ3n) is 6.94. The van der Waals surface area contributed by atoms with E-state index in [0.717, 1.165) is 48.8 Å². The number of amides is 3. The first kappa shape index (κ1) is 24.5. The number of imide groups is 1. The number of methoxy groups -OCH3 is 2. The van der Waals surface area contributed by atoms with Crippen molar-refractivity contribution in [1.29, 1.82) is 0 Å². The lowest BCUT2D eigenvalue weighted by molar-refractivity contribution is -0.134. The van der Waals surface area contributed by atoms with Crippen molar-refractivity contribution in [2.24, 2.45) is 5.92 Å². The van der Waals surface area contributed by atoms with E-state index in [1.54, 1.807) is 14.2 Å². The lowest BCUT2D eigenvalue weighted by atomic mass is 9.74. The van der Waals surface area contributed by atoms with Crippen LogP contribution in [0.25, 0.3) is 0 Å². The average Bonchev–Trinajstić information content (AvgIpc) is 3.09. The standard InChI is InChI=1S/C26H32ClN3O4/c1-33-15-14-30-24(31)26(28-25(30)32,17-20-4-3-5-23(16-20)34-2)21-10-12-29(13-11-21)18-19-6-8-22(27)9-7-19/h3-9,16,21H,10-15,17-18H2,1-2H3,(H,28,32)/t26-/m0/s1. The first-order valence-corrected chi connectivity index (χ1v) is 12.1. The minimum atomic E-state index is -0.969. The van der Waals surface area contributed by atoms with Crippen molar-refractivity contribution >= 4 is 23.5 Å². The van der Waals surface area contributed by atoms with Gasteiger partial charge in [-0.1, -0.05) is 35.9 Å². The summed E-state index contributed by atoms with van der Waals surface area (Å²) >= 11 is 6.02. The summed E-state index contributed by atoms with van der Waals surface area (Å²) < 4.78 is 10.5. The van der Waals surface area contributed by atoms with Crippen molar-refractivity contribution in [1.82, 2.24) is 15.1 Å². The van der Waals surface area contributed by atoms with Gasteiger partial charge in [-0.25, -0.2) is 4.79 Å². The zero-order chi connectivity index (χ0) is 24.1. The molecule has 8 heteroatoms. The van der Waals surface area contributed by atoms with Gasteiger partial charge in [0.15, 0.2) is 0 Å². The van der Waals surface area contributed by atoms with Crippen molar-refractivity contribution in [2.45, 2.75) is 31.3 Å². The Kier molecular flexibility index (Phi) is 7.76. The van der Waals surface area contributed by atoms with E-state index in [0.29, 0.717) is 13.0 Å². The van der Waals surface area contributed by atoms with Crippen LogP contribution in [0.1, 0.15) is 24.0 Å². The summed E-state index contributed by atoms with van der Waals surface area (Å²) in [5.41, 5.74) is 1.21. The van der Waals surface area contributed by atoms with E-state index < -0.39 is 5.54 Å². The molecule has 2 heterocycles. The number of hydrogen-bond donors (Lipinski definition) is 1. The van der Waals surface area contributed by atoms with E-state index in [-0.39, 0.29) is 24.4 Å². The molecule has 7 nitrogen and oxygen atoms in total. The minimum absolute atomic E-state index is 0.0316. The first-order chi connectivity index (χ1) is 16.4. The van der Waals surface area contributed by atoms with E-state index in [1.807, 2.05) is 48.5 Å². The molecule has 1 atom stereocenters. The Morgan fingerprint density at radius 2 is 1.79 bits per heavy atom. The van der Waals surface area contributed by atoms with Crippen LogP contribution in [0.3, 0.4) is 0 Å². The topological polar surface area (TPSA) is 71.1 Å². The molecule has 2 fully saturated rings. The van der Waals surface area contributed by atoms with E-state index in [4.69, 9.17) is 21.1 Å². The number of hydrogen-bond acceptors (Lipinski definition) is 5. The second-order valence-electron chi connectivity index (χ2n) is 9.06. The summed E-state index contributed by atoms with van der Waals surface area (Å²) in [6, 6.07) is 15.3. The maximum Gasteiger partial charge on any atom is 0.325 e. The Labute approximate surface area is 206 Å². The van der Waals surface area contributed by atoms with E-state index in [1.165, 1.54) is 10.5 Å². The molecule has 0 saturated carbocycles. The molecule has 2 aliphatic heterocycles. The number of carbonyl (C=O) groups is 2. The highest BCUT2D eigenvalue weighted by Gasteiger charge is 2.55. The molecule has 0 bridgehead atoms. The quantitative estimate of drug-likeness (QED) is 0.548. The lowest BCUT2D eigenvalue weighted by Crippen LogP contribution is -2.57. The van der Waals surface area contributed by atoms with Gasteiger partial charge in [0.2, 0.25) is 0 Å². The number of piperidine rings is 1. The van der Waals surface area contributed by atoms with Crippen LogP contribution in [-0.4, -0.2) is 67.7 Å². The minimum Gasteiger partial charge on any atom is -0.497 e. The Balaban J connectivity index is 1.53. The predicted octanol–water partition coefficient (Wildman–Crippen LogP) is 3.74. The highest BCUT2D eigenvalue weighted by atomic mass is 35.5. The smallest absolute Gasteiger partial charge is 0.325 e. The number of rotatable bonds is 9. The number of benzene rings is 2. The fourth-order valence-electron chi connectivity index (χ4n) is 5.11. The Morgan fingerprint density at radius 1 is 1.06 bits per heavy atom. The van der Waals surface area contributed by atoms with Gasteiger partial charge >= 0.3 is 6.03 Å². The van der Waals surface area contributed by atoms with Crippen LogP contribution in [0.5, 0.6) is 5.75 Å². The highest BCUT2D eigenvalue weighted by Crippen LogP contribution is 2.37. The highest BCUT2D eigenvalue weighted by molar-refractivity contribution is 6.30. The molecule has 0 unspecified atom stereocenters. The molecular weight excluding hydrogens is 454 g/mol. The molecule has 34 heavy (non-hydrogen) atoms. The zero-order valence-corrected chi connectivity index (χ0v) is 20.5. The third kappa shape index (κ3) is 5.22. The van der Waals surface area contributed by atoms with Gasteiger partial charge in [0.25, 0.3) is 5.91 Å². The second kappa shape index (κ2) is 10.8. The normalized spacial score (nSPS) is 21.7. The van der Waals surface area contributed by atoms with Gasteiger partial charge in [0.1, 0.15) is 11.3 Å². The lowest BCUT2D eigenvalue weighted by Gasteiger charge is -2.41. The van der Waals surface area contributed by atoms with Crippen LogP contribution in [-0.2, 0) is 22.5 Å². The number of nitrogens with zero attached hydrogens (tertiary/aromatic N) is 2. The third-order valence-corrected chi connectivity index (χ3v) is 7.19. The maximum atomic E-state index is 13.7. The number of likely N-dealkylation sites (tertiary alicyclic amines) is 1. The van der Waals surface area contributed by atoms with Gasteiger partial charge in [-0.15, -0.1) is 0 Å². The molecule has 0 aromatic heterocycles. The fraction of sp³-hybridized carbons (Fsp3) is 0.462. The second-order valence-corrected chi connectivity index (χ2v) is 9.49. The Bertz CT molecular complexity index is 1010. The average molecular weight is 486 g/mol. The van der Waals surface area contributed by atoms with Crippen molar-refractivity contribution in [3.63, 3.8) is 0 Å². The molecule has 4 rings (SSSR count). The van der Waals surface area contributed by atoms with Crippen molar-refractivity contribution in [3.8, 4) is 5.75 Å². The van der Waals surface area contributed by atoms with Crippen LogP contribution < -0.4 is 10.1 Å². The SMILES string of the molecule is COCCN1C(=O)N[C@@](Cc2cccc(OC)c2)(C2CCN(Cc3ccc(Cl)cc3)CC2)C1=O. The van der Waals surface area contributed by atoms with Crippen LogP contribution in [0.2, 0.25) is 5.02 Å². The number of urea groups is 1. The zero-order valence-electron chi connectivity index (χ0n) is 19.8. The molecule has 3 amide bonds. The maximum absolute atomic E-state index is 13.7. The largest absolute Gasteiger partial charge is 0.497 e. The summed E-state index contributed by atoms with van der Waals surface area (Å²) in [6.07, 6.45) is 2.07. The summed E-state index contributed by atoms with van der Waals surface area (Å²) in [7, 11) is 3.19. The van der Waals surface area contributed by atoms with Crippen LogP contribution in [0, 0.1) is 5.92 Å². The molecule has 0 spiro atoms. The van der Waals surface area contributed by atoms with Gasteiger partial charge in [0.05, 0.1) is 20.3 Å². The number of carbonyl (C=O) groups excluding carboxylic acids is 2. The summed E-state index contributed by atoms with van der Waals surface area (Å²) in [5, 5.41) is 3.84. The van der Waals surface area contributed by atoms with E-state index in [9.17, 15) is 9.59 Å². The van der Waals surface area contributed by atoms with Gasteiger partial charge in [-0.2, -0.15) is 0 Å². The molecule has 2 saturated heterocycles. The van der Waals surface area contributed by atoms with Crippen LogP contribution in [0.15, 0.2) is 48.5 Å². The molecule has 2 aliphatic rings. The monoisotopic (exact) mass is 485 g/mol. The van der Waals surface area contributed by atoms with Gasteiger partial charge in [-0.05, 0) is 67.2 Å². The van der Waals surface area contributed by atoms with Gasteiger partial charge in [-0.3, -0.25) is 14.6 Å². The number of halogens is 1.